The minimum absolute atomic E-state index is 0.0574. The first kappa shape index (κ1) is 15.0. The summed E-state index contributed by atoms with van der Waals surface area (Å²) in [4.78, 5) is 12.0. The van der Waals surface area contributed by atoms with Crippen LogP contribution < -0.4 is 15.8 Å². The van der Waals surface area contributed by atoms with E-state index in [1.807, 2.05) is 0 Å². The molecule has 1 saturated heterocycles. The Morgan fingerprint density at radius 3 is 2.40 bits per heavy atom. The zero-order chi connectivity index (χ0) is 14.6. The Morgan fingerprint density at radius 1 is 1.25 bits per heavy atom. The molecule has 0 aromatic heterocycles. The smallest absolute Gasteiger partial charge is 0.238 e. The lowest BCUT2D eigenvalue weighted by atomic mass is 9.97. The van der Waals surface area contributed by atoms with Crippen molar-refractivity contribution in [2.24, 2.45) is 11.1 Å². The van der Waals surface area contributed by atoms with E-state index in [1.54, 1.807) is 12.1 Å². The predicted octanol–water partition coefficient (Wildman–Crippen LogP) is -0.0502. The van der Waals surface area contributed by atoms with Gasteiger partial charge in [-0.05, 0) is 43.6 Å². The molecule has 7 heteroatoms. The van der Waals surface area contributed by atoms with Crippen molar-refractivity contribution in [3.63, 3.8) is 0 Å². The maximum atomic E-state index is 11.9. The van der Waals surface area contributed by atoms with Gasteiger partial charge in [0.25, 0.3) is 0 Å². The first-order chi connectivity index (χ1) is 9.47. The van der Waals surface area contributed by atoms with Crippen molar-refractivity contribution in [3.8, 4) is 0 Å². The van der Waals surface area contributed by atoms with Crippen LogP contribution in [0.25, 0.3) is 0 Å². The van der Waals surface area contributed by atoms with Crippen molar-refractivity contribution in [2.75, 3.05) is 13.1 Å². The summed E-state index contributed by atoms with van der Waals surface area (Å²) in [5.41, 5.74) is 0.847. The molecule has 1 aromatic rings. The Hall–Kier alpha value is -1.44. The summed E-state index contributed by atoms with van der Waals surface area (Å²) in [6.07, 6.45) is 1.71. The van der Waals surface area contributed by atoms with Gasteiger partial charge in [-0.3, -0.25) is 4.79 Å². The van der Waals surface area contributed by atoms with Gasteiger partial charge in [0.2, 0.25) is 15.9 Å². The van der Waals surface area contributed by atoms with E-state index in [0.717, 1.165) is 31.5 Å². The quantitative estimate of drug-likeness (QED) is 0.725. The highest BCUT2D eigenvalue weighted by Gasteiger charge is 2.20. The first-order valence-electron chi connectivity index (χ1n) is 6.57. The lowest BCUT2D eigenvalue weighted by Crippen LogP contribution is -2.37. The van der Waals surface area contributed by atoms with Crippen molar-refractivity contribution in [2.45, 2.75) is 24.3 Å². The van der Waals surface area contributed by atoms with Crippen molar-refractivity contribution in [3.05, 3.63) is 29.8 Å². The molecule has 1 aromatic carbocycles. The van der Waals surface area contributed by atoms with E-state index in [9.17, 15) is 13.2 Å². The highest BCUT2D eigenvalue weighted by atomic mass is 32.2. The number of piperidine rings is 1. The Morgan fingerprint density at radius 2 is 1.85 bits per heavy atom. The van der Waals surface area contributed by atoms with E-state index in [4.69, 9.17) is 5.14 Å². The van der Waals surface area contributed by atoms with Gasteiger partial charge in [-0.2, -0.15) is 0 Å². The lowest BCUT2D eigenvalue weighted by Gasteiger charge is -2.21. The van der Waals surface area contributed by atoms with Crippen LogP contribution >= 0.6 is 0 Å². The van der Waals surface area contributed by atoms with Crippen molar-refractivity contribution in [1.29, 1.82) is 0 Å². The molecule has 0 radical (unpaired) electrons. The van der Waals surface area contributed by atoms with Gasteiger partial charge in [0.1, 0.15) is 0 Å². The Kier molecular flexibility index (Phi) is 4.74. The number of hydrogen-bond donors (Lipinski definition) is 3. The number of carbonyl (C=O) groups excluding carboxylic acids is 1. The highest BCUT2D eigenvalue weighted by Crippen LogP contribution is 2.12. The Bertz CT molecular complexity index is 563. The van der Waals surface area contributed by atoms with E-state index in [1.165, 1.54) is 12.1 Å². The average Bonchev–Trinajstić information content (AvgIpc) is 2.45. The molecule has 4 N–H and O–H groups in total. The molecule has 1 aliphatic heterocycles. The molecule has 6 nitrogen and oxygen atoms in total. The summed E-state index contributed by atoms with van der Waals surface area (Å²) >= 11 is 0. The molecule has 1 fully saturated rings. The maximum Gasteiger partial charge on any atom is 0.238 e. The van der Waals surface area contributed by atoms with Crippen LogP contribution in [0.5, 0.6) is 0 Å². The number of primary sulfonamides is 1. The molecule has 1 heterocycles. The van der Waals surface area contributed by atoms with Crippen molar-refractivity contribution in [1.82, 2.24) is 10.6 Å². The van der Waals surface area contributed by atoms with Gasteiger partial charge in [0.05, 0.1) is 4.90 Å². The molecule has 0 spiro atoms. The zero-order valence-electron chi connectivity index (χ0n) is 11.1. The van der Waals surface area contributed by atoms with Crippen LogP contribution in [0.3, 0.4) is 0 Å². The van der Waals surface area contributed by atoms with Crippen LogP contribution in [0, 0.1) is 5.92 Å². The molecule has 2 rings (SSSR count). The number of nitrogens with two attached hydrogens (primary N) is 1. The summed E-state index contributed by atoms with van der Waals surface area (Å²) in [5, 5.41) is 11.1. The highest BCUT2D eigenvalue weighted by molar-refractivity contribution is 7.89. The third-order valence-electron chi connectivity index (χ3n) is 3.43. The van der Waals surface area contributed by atoms with Gasteiger partial charge in [0.15, 0.2) is 0 Å². The number of hydrogen-bond acceptors (Lipinski definition) is 4. The number of amides is 1. The van der Waals surface area contributed by atoms with Crippen molar-refractivity contribution >= 4 is 15.9 Å². The molecule has 0 saturated carbocycles. The van der Waals surface area contributed by atoms with E-state index < -0.39 is 10.0 Å². The maximum absolute atomic E-state index is 11.9. The zero-order valence-corrected chi connectivity index (χ0v) is 11.9. The number of carbonyl (C=O) groups is 1. The normalized spacial score (nSPS) is 16.9. The summed E-state index contributed by atoms with van der Waals surface area (Å²) in [7, 11) is -3.66. The number of nitrogens with one attached hydrogen (secondary N) is 2. The molecule has 1 aliphatic rings. The molecule has 0 unspecified atom stereocenters. The van der Waals surface area contributed by atoms with Crippen LogP contribution in [0.4, 0.5) is 0 Å². The summed E-state index contributed by atoms with van der Waals surface area (Å²) in [5.74, 6) is 0.127. The summed E-state index contributed by atoms with van der Waals surface area (Å²) in [6, 6.07) is 6.20. The SMILES string of the molecule is NS(=O)(=O)c1ccc(CNC(=O)C2CCNCC2)cc1. The van der Waals surface area contributed by atoms with E-state index in [-0.39, 0.29) is 16.7 Å². The standard InChI is InChI=1S/C13H19N3O3S/c14-20(18,19)12-3-1-10(2-4-12)9-16-13(17)11-5-7-15-8-6-11/h1-4,11,15H,5-9H2,(H,16,17)(H2,14,18,19). The predicted molar refractivity (Wildman–Crippen MR) is 75.3 cm³/mol. The fourth-order valence-corrected chi connectivity index (χ4v) is 2.73. The molecule has 0 aliphatic carbocycles. The molecule has 1 amide bonds. The fraction of sp³-hybridized carbons (Fsp3) is 0.462. The van der Waals surface area contributed by atoms with Gasteiger partial charge in [-0.15, -0.1) is 0 Å². The van der Waals surface area contributed by atoms with Crippen LogP contribution in [0.1, 0.15) is 18.4 Å². The minimum Gasteiger partial charge on any atom is -0.352 e. The fourth-order valence-electron chi connectivity index (χ4n) is 2.21. The van der Waals surface area contributed by atoms with Gasteiger partial charge in [-0.1, -0.05) is 12.1 Å². The number of rotatable bonds is 4. The largest absolute Gasteiger partial charge is 0.352 e. The Labute approximate surface area is 118 Å². The van der Waals surface area contributed by atoms with E-state index in [0.29, 0.717) is 6.54 Å². The monoisotopic (exact) mass is 297 g/mol. The second-order valence-corrected chi connectivity index (χ2v) is 6.49. The van der Waals surface area contributed by atoms with E-state index >= 15 is 0 Å². The van der Waals surface area contributed by atoms with Gasteiger partial charge in [0, 0.05) is 12.5 Å². The molecular formula is C13H19N3O3S. The second kappa shape index (κ2) is 6.34. The molecule has 20 heavy (non-hydrogen) atoms. The number of sulfonamides is 1. The van der Waals surface area contributed by atoms with Gasteiger partial charge in [-0.25, -0.2) is 13.6 Å². The average molecular weight is 297 g/mol. The van der Waals surface area contributed by atoms with Gasteiger partial charge < -0.3 is 10.6 Å². The molecule has 0 bridgehead atoms. The Balaban J connectivity index is 1.89. The van der Waals surface area contributed by atoms with Crippen LogP contribution in [-0.4, -0.2) is 27.4 Å². The lowest BCUT2D eigenvalue weighted by molar-refractivity contribution is -0.125. The van der Waals surface area contributed by atoms with Crippen LogP contribution in [-0.2, 0) is 21.4 Å². The van der Waals surface area contributed by atoms with Gasteiger partial charge >= 0.3 is 0 Å². The summed E-state index contributed by atoms with van der Waals surface area (Å²) in [6.45, 7) is 2.15. The summed E-state index contributed by atoms with van der Waals surface area (Å²) < 4.78 is 22.2. The van der Waals surface area contributed by atoms with Crippen molar-refractivity contribution < 1.29 is 13.2 Å². The second-order valence-electron chi connectivity index (χ2n) is 4.93. The van der Waals surface area contributed by atoms with Crippen LogP contribution in [0.15, 0.2) is 29.2 Å². The minimum atomic E-state index is -3.66. The third kappa shape index (κ3) is 4.03. The topological polar surface area (TPSA) is 101 Å². The third-order valence-corrected chi connectivity index (χ3v) is 4.36. The number of benzene rings is 1. The first-order valence-corrected chi connectivity index (χ1v) is 8.11. The molecule has 110 valence electrons. The molecule has 0 atom stereocenters. The molecular weight excluding hydrogens is 278 g/mol. The van der Waals surface area contributed by atoms with E-state index in [2.05, 4.69) is 10.6 Å². The van der Waals surface area contributed by atoms with Crippen LogP contribution in [0.2, 0.25) is 0 Å².